The second-order valence-electron chi connectivity index (χ2n) is 2.96. The molecular weight excluding hydrogens is 256 g/mol. The smallest absolute Gasteiger partial charge is 0.214 e. The predicted octanol–water partition coefficient (Wildman–Crippen LogP) is 2.82. The van der Waals surface area contributed by atoms with Crippen LogP contribution in [0.3, 0.4) is 0 Å². The van der Waals surface area contributed by atoms with Crippen molar-refractivity contribution in [2.24, 2.45) is 0 Å². The number of nitrogens with zero attached hydrogens (tertiary/aromatic N) is 2. The van der Waals surface area contributed by atoms with Crippen molar-refractivity contribution < 1.29 is 4.74 Å². The largest absolute Gasteiger partial charge is 0.473 e. The molecule has 0 spiro atoms. The highest BCUT2D eigenvalue weighted by Gasteiger charge is 1.97. The Bertz CT molecular complexity index is 434. The van der Waals surface area contributed by atoms with Crippen LogP contribution in [0.2, 0.25) is 0 Å². The van der Waals surface area contributed by atoms with Gasteiger partial charge in [0.2, 0.25) is 5.88 Å². The predicted molar refractivity (Wildman–Crippen MR) is 60.5 cm³/mol. The van der Waals surface area contributed by atoms with Crippen LogP contribution < -0.4 is 4.74 Å². The van der Waals surface area contributed by atoms with Gasteiger partial charge in [0.15, 0.2) is 0 Å². The Kier molecular flexibility index (Phi) is 3.29. The molecule has 15 heavy (non-hydrogen) atoms. The lowest BCUT2D eigenvalue weighted by Crippen LogP contribution is -1.97. The van der Waals surface area contributed by atoms with Gasteiger partial charge in [0.1, 0.15) is 6.61 Å². The summed E-state index contributed by atoms with van der Waals surface area (Å²) in [5.74, 6) is 0.605. The van der Waals surface area contributed by atoms with Crippen molar-refractivity contribution in [3.05, 3.63) is 52.9 Å². The van der Waals surface area contributed by atoms with Crippen molar-refractivity contribution in [3.8, 4) is 5.88 Å². The van der Waals surface area contributed by atoms with Crippen LogP contribution in [-0.2, 0) is 6.61 Å². The van der Waals surface area contributed by atoms with Crippen LogP contribution in [0.4, 0.5) is 0 Å². The first kappa shape index (κ1) is 10.1. The normalized spacial score (nSPS) is 9.93. The van der Waals surface area contributed by atoms with Gasteiger partial charge in [0, 0.05) is 34.7 Å². The van der Waals surface area contributed by atoms with Gasteiger partial charge in [0.05, 0.1) is 0 Å². The fourth-order valence-electron chi connectivity index (χ4n) is 1.10. The molecule has 4 heteroatoms. The third-order valence-corrected chi connectivity index (χ3v) is 2.30. The summed E-state index contributed by atoms with van der Waals surface area (Å²) in [6, 6.07) is 7.53. The number of aromatic nitrogens is 2. The third-order valence-electron chi connectivity index (χ3n) is 1.81. The maximum absolute atomic E-state index is 5.49. The van der Waals surface area contributed by atoms with Crippen LogP contribution in [0, 0.1) is 0 Å². The molecule has 0 aromatic carbocycles. The van der Waals surface area contributed by atoms with Gasteiger partial charge >= 0.3 is 0 Å². The topological polar surface area (TPSA) is 35.0 Å². The molecule has 0 saturated carbocycles. The quantitative estimate of drug-likeness (QED) is 0.855. The van der Waals surface area contributed by atoms with Gasteiger partial charge < -0.3 is 4.74 Å². The summed E-state index contributed by atoms with van der Waals surface area (Å²) >= 11 is 3.36. The highest BCUT2D eigenvalue weighted by atomic mass is 79.9. The highest BCUT2D eigenvalue weighted by molar-refractivity contribution is 9.10. The summed E-state index contributed by atoms with van der Waals surface area (Å²) in [6.45, 7) is 0.483. The molecule has 0 saturated heterocycles. The number of halogens is 1. The maximum atomic E-state index is 5.49. The van der Waals surface area contributed by atoms with E-state index < -0.39 is 0 Å². The van der Waals surface area contributed by atoms with Crippen LogP contribution in [0.1, 0.15) is 5.56 Å². The van der Waals surface area contributed by atoms with Gasteiger partial charge in [-0.05, 0) is 12.1 Å². The van der Waals surface area contributed by atoms with Gasteiger partial charge in [-0.25, -0.2) is 4.98 Å². The molecular formula is C11H9BrN2O. The Labute approximate surface area is 96.3 Å². The van der Waals surface area contributed by atoms with E-state index in [1.54, 1.807) is 18.6 Å². The fraction of sp³-hybridized carbons (Fsp3) is 0.0909. The average Bonchev–Trinajstić information content (AvgIpc) is 2.28. The average molecular weight is 265 g/mol. The number of pyridine rings is 2. The van der Waals surface area contributed by atoms with Crippen molar-refractivity contribution >= 4 is 15.9 Å². The zero-order valence-electron chi connectivity index (χ0n) is 7.93. The number of ether oxygens (including phenoxy) is 1. The molecule has 0 unspecified atom stereocenters. The monoisotopic (exact) mass is 264 g/mol. The van der Waals surface area contributed by atoms with Crippen molar-refractivity contribution in [2.45, 2.75) is 6.61 Å². The van der Waals surface area contributed by atoms with Gasteiger partial charge in [0.25, 0.3) is 0 Å². The number of hydrogen-bond donors (Lipinski definition) is 0. The van der Waals surface area contributed by atoms with E-state index in [1.807, 2.05) is 24.3 Å². The zero-order chi connectivity index (χ0) is 10.5. The van der Waals surface area contributed by atoms with Crippen LogP contribution in [-0.4, -0.2) is 9.97 Å². The lowest BCUT2D eigenvalue weighted by atomic mass is 10.3. The van der Waals surface area contributed by atoms with E-state index in [2.05, 4.69) is 25.9 Å². The molecule has 0 aliphatic heterocycles. The van der Waals surface area contributed by atoms with Gasteiger partial charge in [-0.1, -0.05) is 22.0 Å². The van der Waals surface area contributed by atoms with E-state index in [0.29, 0.717) is 12.5 Å². The van der Waals surface area contributed by atoms with E-state index in [0.717, 1.165) is 10.0 Å². The Hall–Kier alpha value is -1.42. The zero-order valence-corrected chi connectivity index (χ0v) is 9.52. The molecule has 2 aromatic heterocycles. The molecule has 0 amide bonds. The summed E-state index contributed by atoms with van der Waals surface area (Å²) in [6.07, 6.45) is 5.21. The summed E-state index contributed by atoms with van der Waals surface area (Å²) in [5, 5.41) is 0. The first-order valence-corrected chi connectivity index (χ1v) is 5.27. The summed E-state index contributed by atoms with van der Waals surface area (Å²) < 4.78 is 6.45. The number of hydrogen-bond acceptors (Lipinski definition) is 3. The highest BCUT2D eigenvalue weighted by Crippen LogP contribution is 2.15. The van der Waals surface area contributed by atoms with E-state index in [1.165, 1.54) is 0 Å². The molecule has 2 aromatic rings. The second-order valence-corrected chi connectivity index (χ2v) is 3.88. The first-order valence-electron chi connectivity index (χ1n) is 4.48. The van der Waals surface area contributed by atoms with E-state index >= 15 is 0 Å². The van der Waals surface area contributed by atoms with Crippen LogP contribution in [0.25, 0.3) is 0 Å². The maximum Gasteiger partial charge on any atom is 0.214 e. The lowest BCUT2D eigenvalue weighted by Gasteiger charge is -2.04. The molecule has 0 fully saturated rings. The molecule has 0 aliphatic rings. The van der Waals surface area contributed by atoms with Crippen LogP contribution in [0.5, 0.6) is 5.88 Å². The Balaban J connectivity index is 1.99. The summed E-state index contributed by atoms with van der Waals surface area (Å²) in [7, 11) is 0. The molecule has 2 rings (SSSR count). The number of rotatable bonds is 3. The minimum atomic E-state index is 0.483. The molecule has 2 heterocycles. The minimum Gasteiger partial charge on any atom is -0.473 e. The molecule has 0 radical (unpaired) electrons. The fourth-order valence-corrected chi connectivity index (χ4v) is 1.42. The Morgan fingerprint density at radius 3 is 2.93 bits per heavy atom. The third kappa shape index (κ3) is 3.02. The van der Waals surface area contributed by atoms with Crippen molar-refractivity contribution in [1.82, 2.24) is 9.97 Å². The van der Waals surface area contributed by atoms with E-state index in [9.17, 15) is 0 Å². The van der Waals surface area contributed by atoms with Crippen molar-refractivity contribution in [2.75, 3.05) is 0 Å². The Morgan fingerprint density at radius 2 is 2.20 bits per heavy atom. The molecule has 0 atom stereocenters. The van der Waals surface area contributed by atoms with Crippen LogP contribution >= 0.6 is 15.9 Å². The van der Waals surface area contributed by atoms with Gasteiger partial charge in [-0.15, -0.1) is 0 Å². The van der Waals surface area contributed by atoms with E-state index in [4.69, 9.17) is 4.74 Å². The molecule has 0 N–H and O–H groups in total. The Morgan fingerprint density at radius 1 is 1.27 bits per heavy atom. The van der Waals surface area contributed by atoms with Gasteiger partial charge in [-0.2, -0.15) is 0 Å². The molecule has 0 aliphatic carbocycles. The first-order chi connectivity index (χ1) is 7.34. The summed E-state index contributed by atoms with van der Waals surface area (Å²) in [4.78, 5) is 8.09. The minimum absolute atomic E-state index is 0.483. The SMILES string of the molecule is Brc1ccnc(OCc2cccnc2)c1. The van der Waals surface area contributed by atoms with Crippen LogP contribution in [0.15, 0.2) is 47.3 Å². The summed E-state index contributed by atoms with van der Waals surface area (Å²) in [5.41, 5.74) is 1.03. The molecule has 0 bridgehead atoms. The molecule has 3 nitrogen and oxygen atoms in total. The standard InChI is InChI=1S/C11H9BrN2O/c12-10-3-5-14-11(6-10)15-8-9-2-1-4-13-7-9/h1-7H,8H2. The molecule has 76 valence electrons. The lowest BCUT2D eigenvalue weighted by molar-refractivity contribution is 0.293. The van der Waals surface area contributed by atoms with E-state index in [-0.39, 0.29) is 0 Å². The van der Waals surface area contributed by atoms with Gasteiger partial charge in [-0.3, -0.25) is 4.98 Å². The second kappa shape index (κ2) is 4.89. The van der Waals surface area contributed by atoms with Crippen molar-refractivity contribution in [3.63, 3.8) is 0 Å². The van der Waals surface area contributed by atoms with Crippen molar-refractivity contribution in [1.29, 1.82) is 0 Å².